The van der Waals surface area contributed by atoms with Crippen molar-refractivity contribution in [2.45, 2.75) is 25.7 Å². The summed E-state index contributed by atoms with van der Waals surface area (Å²) in [6, 6.07) is 7.87. The first-order valence-corrected chi connectivity index (χ1v) is 7.84. The first-order valence-electron chi connectivity index (χ1n) is 7.84. The molecule has 0 unspecified atom stereocenters. The lowest BCUT2D eigenvalue weighted by Crippen LogP contribution is -2.32. The van der Waals surface area contributed by atoms with Gasteiger partial charge in [0.25, 0.3) is 0 Å². The minimum Gasteiger partial charge on any atom is -0.496 e. The van der Waals surface area contributed by atoms with Crippen LogP contribution in [-0.4, -0.2) is 30.4 Å². The van der Waals surface area contributed by atoms with Gasteiger partial charge in [0.15, 0.2) is 0 Å². The average Bonchev–Trinajstić information content (AvgIpc) is 2.80. The normalized spacial score (nSPS) is 23.8. The molecule has 1 saturated heterocycles. The Labute approximate surface area is 130 Å². The summed E-state index contributed by atoms with van der Waals surface area (Å²) in [5.41, 5.74) is 1.11. The Morgan fingerprint density at radius 3 is 2.36 bits per heavy atom. The zero-order valence-electron chi connectivity index (χ0n) is 12.8. The number of aryl methyl sites for hydroxylation is 1. The van der Waals surface area contributed by atoms with Gasteiger partial charge in [-0.2, -0.15) is 0 Å². The lowest BCUT2D eigenvalue weighted by molar-refractivity contribution is -0.139. The highest BCUT2D eigenvalue weighted by atomic mass is 16.5. The Kier molecular flexibility index (Phi) is 4.27. The predicted octanol–water partition coefficient (Wildman–Crippen LogP) is 2.58. The highest BCUT2D eigenvalue weighted by Gasteiger charge is 2.46. The van der Waals surface area contributed by atoms with Crippen LogP contribution < -0.4 is 4.74 Å². The fraction of sp³-hybridized carbons (Fsp3) is 0.444. The third kappa shape index (κ3) is 2.65. The Bertz CT molecular complexity index is 582. The van der Waals surface area contributed by atoms with Gasteiger partial charge in [0, 0.05) is 6.54 Å². The molecule has 1 aliphatic heterocycles. The van der Waals surface area contributed by atoms with Crippen LogP contribution in [0.4, 0.5) is 0 Å². The molecule has 1 aromatic rings. The van der Waals surface area contributed by atoms with Gasteiger partial charge < -0.3 is 4.74 Å². The molecule has 0 spiro atoms. The number of nitrogens with zero attached hydrogens (tertiary/aromatic N) is 1. The van der Waals surface area contributed by atoms with E-state index in [-0.39, 0.29) is 23.7 Å². The van der Waals surface area contributed by atoms with Crippen molar-refractivity contribution in [3.05, 3.63) is 42.0 Å². The summed E-state index contributed by atoms with van der Waals surface area (Å²) in [6.45, 7) is 0.503. The van der Waals surface area contributed by atoms with Crippen LogP contribution >= 0.6 is 0 Å². The van der Waals surface area contributed by atoms with E-state index < -0.39 is 0 Å². The van der Waals surface area contributed by atoms with Crippen LogP contribution in [0.1, 0.15) is 24.8 Å². The minimum absolute atomic E-state index is 0.0133. The van der Waals surface area contributed by atoms with Crippen molar-refractivity contribution in [1.29, 1.82) is 0 Å². The monoisotopic (exact) mass is 299 g/mol. The highest BCUT2D eigenvalue weighted by molar-refractivity contribution is 6.05. The second-order valence-electron chi connectivity index (χ2n) is 5.90. The molecular weight excluding hydrogens is 278 g/mol. The smallest absolute Gasteiger partial charge is 0.233 e. The molecule has 22 heavy (non-hydrogen) atoms. The minimum atomic E-state index is -0.122. The van der Waals surface area contributed by atoms with Gasteiger partial charge in [-0.3, -0.25) is 14.5 Å². The van der Waals surface area contributed by atoms with Gasteiger partial charge in [-0.05, 0) is 37.3 Å². The van der Waals surface area contributed by atoms with Crippen LogP contribution in [0.25, 0.3) is 0 Å². The van der Waals surface area contributed by atoms with Crippen LogP contribution in [-0.2, 0) is 16.0 Å². The second kappa shape index (κ2) is 6.34. The number of likely N-dealkylation sites (tertiary alicyclic amines) is 1. The van der Waals surface area contributed by atoms with E-state index in [0.717, 1.165) is 24.2 Å². The number of allylic oxidation sites excluding steroid dienone is 2. The number of rotatable bonds is 5. The number of carbonyl (C=O) groups is 2. The van der Waals surface area contributed by atoms with Gasteiger partial charge in [-0.25, -0.2) is 0 Å². The number of ether oxygens (including phenoxy) is 1. The van der Waals surface area contributed by atoms with Gasteiger partial charge in [-0.1, -0.05) is 30.4 Å². The summed E-state index contributed by atoms with van der Waals surface area (Å²) in [7, 11) is 1.66. The molecule has 0 saturated carbocycles. The molecular formula is C18H21NO3. The topological polar surface area (TPSA) is 46.6 Å². The zero-order chi connectivity index (χ0) is 15.5. The van der Waals surface area contributed by atoms with E-state index in [2.05, 4.69) is 0 Å². The van der Waals surface area contributed by atoms with Gasteiger partial charge in [0.2, 0.25) is 11.8 Å². The molecule has 0 aromatic heterocycles. The van der Waals surface area contributed by atoms with Crippen LogP contribution in [0.5, 0.6) is 5.75 Å². The van der Waals surface area contributed by atoms with E-state index in [4.69, 9.17) is 4.74 Å². The van der Waals surface area contributed by atoms with Crippen molar-refractivity contribution in [3.63, 3.8) is 0 Å². The van der Waals surface area contributed by atoms with Crippen LogP contribution in [0.2, 0.25) is 0 Å². The molecule has 1 aromatic carbocycles. The average molecular weight is 299 g/mol. The lowest BCUT2D eigenvalue weighted by atomic mass is 9.85. The van der Waals surface area contributed by atoms with Crippen molar-refractivity contribution in [2.24, 2.45) is 11.8 Å². The fourth-order valence-corrected chi connectivity index (χ4v) is 3.43. The highest BCUT2D eigenvalue weighted by Crippen LogP contribution is 2.35. The van der Waals surface area contributed by atoms with E-state index in [1.807, 2.05) is 36.4 Å². The Balaban J connectivity index is 1.60. The number of hydrogen-bond donors (Lipinski definition) is 0. The largest absolute Gasteiger partial charge is 0.496 e. The Hall–Kier alpha value is -2.10. The maximum atomic E-state index is 12.4. The lowest BCUT2D eigenvalue weighted by Gasteiger charge is -2.15. The standard InChI is InChI=1S/C18H21NO3/c1-22-16-11-5-2-7-13(16)8-6-12-19-17(20)14-9-3-4-10-15(14)18(19)21/h2-5,7,11,14-15H,6,8-10,12H2,1H3/t14-,15+. The Morgan fingerprint density at radius 2 is 1.73 bits per heavy atom. The van der Waals surface area contributed by atoms with Gasteiger partial charge >= 0.3 is 0 Å². The van der Waals surface area contributed by atoms with Crippen molar-refractivity contribution in [2.75, 3.05) is 13.7 Å². The fourth-order valence-electron chi connectivity index (χ4n) is 3.43. The summed E-state index contributed by atoms with van der Waals surface area (Å²) >= 11 is 0. The number of benzene rings is 1. The molecule has 4 heteroatoms. The zero-order valence-corrected chi connectivity index (χ0v) is 12.8. The molecule has 0 bridgehead atoms. The summed E-state index contributed by atoms with van der Waals surface area (Å²) in [5, 5.41) is 0. The molecule has 1 heterocycles. The molecule has 4 nitrogen and oxygen atoms in total. The van der Waals surface area contributed by atoms with Crippen molar-refractivity contribution >= 4 is 11.8 Å². The molecule has 0 radical (unpaired) electrons. The van der Waals surface area contributed by atoms with Crippen molar-refractivity contribution in [1.82, 2.24) is 4.90 Å². The van der Waals surface area contributed by atoms with E-state index in [1.165, 1.54) is 4.90 Å². The number of hydrogen-bond acceptors (Lipinski definition) is 3. The molecule has 3 rings (SSSR count). The first-order chi connectivity index (χ1) is 10.7. The number of methoxy groups -OCH3 is 1. The van der Waals surface area contributed by atoms with Gasteiger partial charge in [0.1, 0.15) is 5.75 Å². The van der Waals surface area contributed by atoms with Crippen LogP contribution in [0.3, 0.4) is 0 Å². The second-order valence-corrected chi connectivity index (χ2v) is 5.90. The Morgan fingerprint density at radius 1 is 1.09 bits per heavy atom. The number of para-hydroxylation sites is 1. The van der Waals surface area contributed by atoms with E-state index in [9.17, 15) is 9.59 Å². The molecule has 0 N–H and O–H groups in total. The summed E-state index contributed by atoms with van der Waals surface area (Å²) < 4.78 is 5.33. The molecule has 2 amide bonds. The van der Waals surface area contributed by atoms with E-state index in [1.54, 1.807) is 7.11 Å². The van der Waals surface area contributed by atoms with E-state index >= 15 is 0 Å². The number of carbonyl (C=O) groups excluding carboxylic acids is 2. The van der Waals surface area contributed by atoms with Crippen LogP contribution in [0.15, 0.2) is 36.4 Å². The maximum Gasteiger partial charge on any atom is 0.233 e. The van der Waals surface area contributed by atoms with Crippen LogP contribution in [0, 0.1) is 11.8 Å². The number of imide groups is 1. The first kappa shape index (κ1) is 14.8. The predicted molar refractivity (Wildman–Crippen MR) is 83.4 cm³/mol. The summed E-state index contributed by atoms with van der Waals surface area (Å²) in [6.07, 6.45) is 7.02. The van der Waals surface area contributed by atoms with E-state index in [0.29, 0.717) is 19.4 Å². The SMILES string of the molecule is COc1ccccc1CCCN1C(=O)[C@H]2CC=CC[C@H]2C1=O. The third-order valence-electron chi connectivity index (χ3n) is 4.62. The number of amides is 2. The molecule has 1 aliphatic carbocycles. The molecule has 2 atom stereocenters. The molecule has 1 fully saturated rings. The van der Waals surface area contributed by atoms with Gasteiger partial charge in [0.05, 0.1) is 18.9 Å². The van der Waals surface area contributed by atoms with Gasteiger partial charge in [-0.15, -0.1) is 0 Å². The molecule has 116 valence electrons. The van der Waals surface area contributed by atoms with Crippen molar-refractivity contribution in [3.8, 4) is 5.75 Å². The molecule has 2 aliphatic rings. The van der Waals surface area contributed by atoms with Crippen molar-refractivity contribution < 1.29 is 14.3 Å². The summed E-state index contributed by atoms with van der Waals surface area (Å²) in [4.78, 5) is 26.2. The number of fused-ring (bicyclic) bond motifs is 1. The summed E-state index contributed by atoms with van der Waals surface area (Å²) in [5.74, 6) is 0.644. The third-order valence-corrected chi connectivity index (χ3v) is 4.62. The maximum absolute atomic E-state index is 12.4. The quantitative estimate of drug-likeness (QED) is 0.620.